The van der Waals surface area contributed by atoms with Crippen molar-refractivity contribution in [3.63, 3.8) is 0 Å². The lowest BCUT2D eigenvalue weighted by molar-refractivity contribution is -0.120. The van der Waals surface area contributed by atoms with Gasteiger partial charge in [-0.3, -0.25) is 9.78 Å². The number of nitrogens with zero attached hydrogens (tertiary/aromatic N) is 4. The number of likely N-dealkylation sites (N-methyl/N-ethyl adjacent to an activating group) is 1. The molecule has 1 fully saturated rings. The van der Waals surface area contributed by atoms with E-state index in [9.17, 15) is 4.79 Å². The second kappa shape index (κ2) is 7.19. The first-order chi connectivity index (χ1) is 12.0. The monoisotopic (exact) mass is 339 g/mol. The minimum absolute atomic E-state index is 0.0969. The number of rotatable bonds is 4. The molecule has 3 rings (SSSR count). The minimum Gasteiger partial charge on any atom is -0.368 e. The molecule has 3 heterocycles. The van der Waals surface area contributed by atoms with Gasteiger partial charge in [-0.2, -0.15) is 0 Å². The quantitative estimate of drug-likeness (QED) is 0.925. The van der Waals surface area contributed by atoms with Crippen LogP contribution in [0.4, 0.5) is 11.5 Å². The molecule has 6 nitrogen and oxygen atoms in total. The van der Waals surface area contributed by atoms with Crippen molar-refractivity contribution in [2.75, 3.05) is 43.4 Å². The minimum atomic E-state index is -0.675. The van der Waals surface area contributed by atoms with E-state index in [0.717, 1.165) is 37.4 Å². The van der Waals surface area contributed by atoms with E-state index in [2.05, 4.69) is 32.1 Å². The third kappa shape index (κ3) is 3.96. The zero-order valence-electron chi connectivity index (χ0n) is 15.1. The van der Waals surface area contributed by atoms with Crippen LogP contribution in [0, 0.1) is 0 Å². The van der Waals surface area contributed by atoms with E-state index >= 15 is 0 Å². The summed E-state index contributed by atoms with van der Waals surface area (Å²) in [5.74, 6) is 0.472. The molecule has 0 unspecified atom stereocenters. The maximum Gasteiger partial charge on any atom is 0.235 e. The standard InChI is InChI=1S/C19H25N5O/c1-19(2,15-5-4-8-20-13-15)18(25)22-17-7-6-16(14-21-17)24-11-9-23(3)10-12-24/h4-8,13-14H,9-12H2,1-3H3,(H,21,22,25). The molecule has 1 amide bonds. The number of amides is 1. The number of carbonyl (C=O) groups excluding carboxylic acids is 1. The highest BCUT2D eigenvalue weighted by atomic mass is 16.2. The Morgan fingerprint density at radius 3 is 2.48 bits per heavy atom. The molecule has 0 aliphatic carbocycles. The summed E-state index contributed by atoms with van der Waals surface area (Å²) in [6, 6.07) is 7.64. The Bertz CT molecular complexity index is 706. The van der Waals surface area contributed by atoms with Crippen molar-refractivity contribution in [3.05, 3.63) is 48.4 Å². The summed E-state index contributed by atoms with van der Waals surface area (Å²) < 4.78 is 0. The average molecular weight is 339 g/mol. The highest BCUT2D eigenvalue weighted by Gasteiger charge is 2.30. The van der Waals surface area contributed by atoms with Crippen LogP contribution in [0.5, 0.6) is 0 Å². The zero-order chi connectivity index (χ0) is 17.9. The van der Waals surface area contributed by atoms with Crippen molar-refractivity contribution in [2.24, 2.45) is 0 Å². The van der Waals surface area contributed by atoms with E-state index in [1.165, 1.54) is 0 Å². The Hall–Kier alpha value is -2.47. The average Bonchev–Trinajstić information content (AvgIpc) is 2.64. The molecule has 132 valence electrons. The van der Waals surface area contributed by atoms with Crippen LogP contribution in [0.3, 0.4) is 0 Å². The van der Waals surface area contributed by atoms with Gasteiger partial charge in [-0.15, -0.1) is 0 Å². The lowest BCUT2D eigenvalue weighted by atomic mass is 9.85. The van der Waals surface area contributed by atoms with Gasteiger partial charge in [0.25, 0.3) is 0 Å². The fourth-order valence-corrected chi connectivity index (χ4v) is 2.85. The van der Waals surface area contributed by atoms with Crippen molar-refractivity contribution < 1.29 is 4.79 Å². The van der Waals surface area contributed by atoms with Crippen LogP contribution >= 0.6 is 0 Å². The van der Waals surface area contributed by atoms with Crippen molar-refractivity contribution in [1.82, 2.24) is 14.9 Å². The van der Waals surface area contributed by atoms with E-state index in [-0.39, 0.29) is 5.91 Å². The highest BCUT2D eigenvalue weighted by molar-refractivity contribution is 5.97. The summed E-state index contributed by atoms with van der Waals surface area (Å²) in [7, 11) is 2.14. The summed E-state index contributed by atoms with van der Waals surface area (Å²) in [5, 5.41) is 2.91. The molecule has 1 N–H and O–H groups in total. The van der Waals surface area contributed by atoms with Gasteiger partial charge < -0.3 is 15.1 Å². The molecule has 0 aromatic carbocycles. The first-order valence-electron chi connectivity index (χ1n) is 8.58. The first kappa shape index (κ1) is 17.4. The molecular weight excluding hydrogens is 314 g/mol. The van der Waals surface area contributed by atoms with Gasteiger partial charge in [0.2, 0.25) is 5.91 Å². The van der Waals surface area contributed by atoms with E-state index in [1.54, 1.807) is 12.4 Å². The summed E-state index contributed by atoms with van der Waals surface area (Å²) in [4.78, 5) is 25.8. The van der Waals surface area contributed by atoms with E-state index in [1.807, 2.05) is 44.3 Å². The number of hydrogen-bond donors (Lipinski definition) is 1. The lowest BCUT2D eigenvalue weighted by Gasteiger charge is -2.33. The van der Waals surface area contributed by atoms with Gasteiger partial charge in [-0.25, -0.2) is 4.98 Å². The lowest BCUT2D eigenvalue weighted by Crippen LogP contribution is -2.44. The summed E-state index contributed by atoms with van der Waals surface area (Å²) in [5.41, 5.74) is 1.30. The smallest absolute Gasteiger partial charge is 0.235 e. The number of aromatic nitrogens is 2. The highest BCUT2D eigenvalue weighted by Crippen LogP contribution is 2.24. The van der Waals surface area contributed by atoms with E-state index in [4.69, 9.17) is 0 Å². The Morgan fingerprint density at radius 1 is 1.12 bits per heavy atom. The van der Waals surface area contributed by atoms with Crippen LogP contribution in [0.2, 0.25) is 0 Å². The van der Waals surface area contributed by atoms with Crippen LogP contribution < -0.4 is 10.2 Å². The normalized spacial score (nSPS) is 15.9. The Kier molecular flexibility index (Phi) is 4.99. The summed E-state index contributed by atoms with van der Waals surface area (Å²) in [6.07, 6.45) is 5.26. The maximum absolute atomic E-state index is 12.7. The summed E-state index contributed by atoms with van der Waals surface area (Å²) in [6.45, 7) is 7.88. The predicted molar refractivity (Wildman–Crippen MR) is 99.8 cm³/mol. The molecule has 2 aromatic rings. The fourth-order valence-electron chi connectivity index (χ4n) is 2.85. The number of anilines is 2. The Balaban J connectivity index is 1.66. The second-order valence-corrected chi connectivity index (χ2v) is 7.01. The molecule has 0 atom stereocenters. The number of nitrogens with one attached hydrogen (secondary N) is 1. The maximum atomic E-state index is 12.7. The molecule has 0 spiro atoms. The Labute approximate surface area is 148 Å². The molecule has 25 heavy (non-hydrogen) atoms. The second-order valence-electron chi connectivity index (χ2n) is 7.01. The molecule has 0 radical (unpaired) electrons. The van der Waals surface area contributed by atoms with Gasteiger partial charge >= 0.3 is 0 Å². The van der Waals surface area contributed by atoms with Crippen molar-refractivity contribution >= 4 is 17.4 Å². The van der Waals surface area contributed by atoms with Crippen LogP contribution in [0.25, 0.3) is 0 Å². The van der Waals surface area contributed by atoms with Gasteiger partial charge in [0.1, 0.15) is 5.82 Å². The third-order valence-corrected chi connectivity index (χ3v) is 4.81. The molecule has 1 aliphatic rings. The van der Waals surface area contributed by atoms with Gasteiger partial charge in [-0.1, -0.05) is 6.07 Å². The molecule has 1 aliphatic heterocycles. The van der Waals surface area contributed by atoms with Crippen LogP contribution in [0.15, 0.2) is 42.9 Å². The Morgan fingerprint density at radius 2 is 1.88 bits per heavy atom. The number of carbonyl (C=O) groups is 1. The molecule has 1 saturated heterocycles. The number of piperazine rings is 1. The number of pyridine rings is 2. The van der Waals surface area contributed by atoms with E-state index < -0.39 is 5.41 Å². The zero-order valence-corrected chi connectivity index (χ0v) is 15.1. The molecule has 0 saturated carbocycles. The summed E-state index contributed by atoms with van der Waals surface area (Å²) >= 11 is 0. The van der Waals surface area contributed by atoms with Crippen LogP contribution in [0.1, 0.15) is 19.4 Å². The van der Waals surface area contributed by atoms with Crippen LogP contribution in [-0.2, 0) is 10.2 Å². The van der Waals surface area contributed by atoms with Crippen LogP contribution in [-0.4, -0.2) is 54.0 Å². The fraction of sp³-hybridized carbons (Fsp3) is 0.421. The predicted octanol–water partition coefficient (Wildman–Crippen LogP) is 2.14. The van der Waals surface area contributed by atoms with Crippen molar-refractivity contribution in [2.45, 2.75) is 19.3 Å². The number of hydrogen-bond acceptors (Lipinski definition) is 5. The van der Waals surface area contributed by atoms with Crippen molar-refractivity contribution in [3.8, 4) is 0 Å². The van der Waals surface area contributed by atoms with Crippen molar-refractivity contribution in [1.29, 1.82) is 0 Å². The SMILES string of the molecule is CN1CCN(c2ccc(NC(=O)C(C)(C)c3cccnc3)nc2)CC1. The molecular formula is C19H25N5O. The van der Waals surface area contributed by atoms with Gasteiger partial charge in [0, 0.05) is 38.6 Å². The molecule has 6 heteroatoms. The van der Waals surface area contributed by atoms with Gasteiger partial charge in [0.15, 0.2) is 0 Å². The van der Waals surface area contributed by atoms with Gasteiger partial charge in [-0.05, 0) is 44.7 Å². The topological polar surface area (TPSA) is 61.4 Å². The first-order valence-corrected chi connectivity index (χ1v) is 8.58. The largest absolute Gasteiger partial charge is 0.368 e. The molecule has 2 aromatic heterocycles. The van der Waals surface area contributed by atoms with E-state index in [0.29, 0.717) is 5.82 Å². The molecule has 0 bridgehead atoms. The van der Waals surface area contributed by atoms with Gasteiger partial charge in [0.05, 0.1) is 17.3 Å². The third-order valence-electron chi connectivity index (χ3n) is 4.81.